The van der Waals surface area contributed by atoms with Crippen LogP contribution in [-0.2, 0) is 22.4 Å². The van der Waals surface area contributed by atoms with Crippen molar-refractivity contribution in [1.82, 2.24) is 5.16 Å². The fraction of sp³-hybridized carbons (Fsp3) is 0.211. The number of carbonyl (C=O) groups excluding carboxylic acids is 2. The summed E-state index contributed by atoms with van der Waals surface area (Å²) < 4.78 is 10.2. The number of Topliss-reactive ketones (excluding diaryl/α,β-unsaturated/α-hetero) is 1. The Morgan fingerprint density at radius 1 is 1.08 bits per heavy atom. The van der Waals surface area contributed by atoms with Gasteiger partial charge in [-0.2, -0.15) is 0 Å². The first-order chi connectivity index (χ1) is 11.7. The smallest absolute Gasteiger partial charge is 0.312 e. The molecule has 1 aromatic heterocycles. The first-order valence-corrected chi connectivity index (χ1v) is 7.78. The van der Waals surface area contributed by atoms with Gasteiger partial charge in [-0.3, -0.25) is 9.59 Å². The number of fused-ring (bicyclic) bond motifs is 1. The molecule has 0 saturated carbocycles. The van der Waals surface area contributed by atoms with Crippen LogP contribution in [0.3, 0.4) is 0 Å². The van der Waals surface area contributed by atoms with Crippen molar-refractivity contribution in [2.75, 3.05) is 6.61 Å². The van der Waals surface area contributed by atoms with Crippen LogP contribution in [0.15, 0.2) is 53.1 Å². The fourth-order valence-electron chi connectivity index (χ4n) is 2.41. The molecule has 0 atom stereocenters. The number of nitrogens with zero attached hydrogens (tertiary/aromatic N) is 1. The summed E-state index contributed by atoms with van der Waals surface area (Å²) in [5, 5.41) is 4.65. The van der Waals surface area contributed by atoms with E-state index in [4.69, 9.17) is 9.26 Å². The third-order valence-electron chi connectivity index (χ3n) is 3.81. The number of ether oxygens (including phenoxy) is 1. The first kappa shape index (κ1) is 15.9. The molecule has 5 heteroatoms. The Bertz CT molecular complexity index is 864. The number of rotatable bonds is 6. The molecule has 5 nitrogen and oxygen atoms in total. The Labute approximate surface area is 139 Å². The molecular formula is C19H17NO4. The summed E-state index contributed by atoms with van der Waals surface area (Å²) in [6.07, 6.45) is 0.883. The first-order valence-electron chi connectivity index (χ1n) is 7.78. The zero-order valence-corrected chi connectivity index (χ0v) is 13.3. The van der Waals surface area contributed by atoms with Crippen LogP contribution in [0.5, 0.6) is 0 Å². The van der Waals surface area contributed by atoms with Crippen LogP contribution in [-0.4, -0.2) is 23.5 Å². The van der Waals surface area contributed by atoms with Gasteiger partial charge in [-0.1, -0.05) is 48.5 Å². The minimum absolute atomic E-state index is 0.0287. The van der Waals surface area contributed by atoms with E-state index in [2.05, 4.69) is 5.16 Å². The lowest BCUT2D eigenvalue weighted by molar-refractivity contribution is -0.141. The average Bonchev–Trinajstić information content (AvgIpc) is 3.03. The molecule has 1 heterocycles. The van der Waals surface area contributed by atoms with Crippen LogP contribution in [0.25, 0.3) is 11.0 Å². The number of ketones is 1. The van der Waals surface area contributed by atoms with Crippen molar-refractivity contribution in [2.45, 2.75) is 19.8 Å². The molecule has 0 fully saturated rings. The van der Waals surface area contributed by atoms with E-state index in [0.717, 1.165) is 17.4 Å². The number of carbonyl (C=O) groups is 2. The second-order valence-electron chi connectivity index (χ2n) is 5.44. The summed E-state index contributed by atoms with van der Waals surface area (Å²) in [4.78, 5) is 24.0. The summed E-state index contributed by atoms with van der Waals surface area (Å²) in [5.74, 6) is -0.733. The van der Waals surface area contributed by atoms with E-state index in [9.17, 15) is 9.59 Å². The molecule has 0 spiro atoms. The van der Waals surface area contributed by atoms with E-state index >= 15 is 0 Å². The van der Waals surface area contributed by atoms with Crippen molar-refractivity contribution >= 4 is 22.7 Å². The monoisotopic (exact) mass is 323 g/mol. The van der Waals surface area contributed by atoms with Crippen molar-refractivity contribution in [3.63, 3.8) is 0 Å². The number of para-hydroxylation sites is 1. The van der Waals surface area contributed by atoms with Crippen LogP contribution in [0.1, 0.15) is 28.5 Å². The lowest BCUT2D eigenvalue weighted by atomic mass is 10.1. The Kier molecular flexibility index (Phi) is 4.70. The molecule has 0 aliphatic carbocycles. The molecule has 0 bridgehead atoms. The minimum atomic E-state index is -0.507. The molecule has 2 aromatic carbocycles. The van der Waals surface area contributed by atoms with Crippen molar-refractivity contribution in [3.8, 4) is 0 Å². The van der Waals surface area contributed by atoms with Crippen LogP contribution >= 0.6 is 0 Å². The Morgan fingerprint density at radius 3 is 2.58 bits per heavy atom. The molecule has 3 aromatic rings. The number of hydrogen-bond donors (Lipinski definition) is 0. The van der Waals surface area contributed by atoms with Gasteiger partial charge >= 0.3 is 5.97 Å². The van der Waals surface area contributed by atoms with E-state index in [1.54, 1.807) is 18.2 Å². The molecule has 0 amide bonds. The zero-order valence-electron chi connectivity index (χ0n) is 13.3. The number of aromatic nitrogens is 1. The molecule has 3 rings (SSSR count). The Hall–Kier alpha value is -2.95. The molecule has 122 valence electrons. The third-order valence-corrected chi connectivity index (χ3v) is 3.81. The van der Waals surface area contributed by atoms with Gasteiger partial charge in [-0.25, -0.2) is 0 Å². The highest BCUT2D eigenvalue weighted by Gasteiger charge is 2.15. The highest BCUT2D eigenvalue weighted by molar-refractivity contribution is 5.98. The third kappa shape index (κ3) is 3.51. The maximum absolute atomic E-state index is 12.1. The van der Waals surface area contributed by atoms with E-state index < -0.39 is 5.97 Å². The topological polar surface area (TPSA) is 69.4 Å². The molecule has 0 radical (unpaired) electrons. The highest BCUT2D eigenvalue weighted by atomic mass is 16.5. The van der Waals surface area contributed by atoms with Gasteiger partial charge in [0.25, 0.3) is 0 Å². The standard InChI is InChI=1S/C19H17NO4/c1-2-13-7-9-14(10-8-13)17(21)12-23-19(22)11-16-15-5-3-4-6-18(15)24-20-16/h3-10H,2,11-12H2,1H3. The second kappa shape index (κ2) is 7.08. The molecule has 0 N–H and O–H groups in total. The van der Waals surface area contributed by atoms with E-state index in [0.29, 0.717) is 16.8 Å². The van der Waals surface area contributed by atoms with Crippen LogP contribution in [0.4, 0.5) is 0 Å². The van der Waals surface area contributed by atoms with Gasteiger partial charge in [0.05, 0.1) is 6.42 Å². The van der Waals surface area contributed by atoms with Crippen LogP contribution in [0, 0.1) is 0 Å². The van der Waals surface area contributed by atoms with Crippen molar-refractivity contribution < 1.29 is 18.8 Å². The molecule has 0 aliphatic heterocycles. The van der Waals surface area contributed by atoms with Gasteiger partial charge in [0.2, 0.25) is 0 Å². The second-order valence-corrected chi connectivity index (χ2v) is 5.44. The molecule has 24 heavy (non-hydrogen) atoms. The van der Waals surface area contributed by atoms with Crippen molar-refractivity contribution in [1.29, 1.82) is 0 Å². The Balaban J connectivity index is 1.57. The summed E-state index contributed by atoms with van der Waals surface area (Å²) in [6.45, 7) is 1.77. The van der Waals surface area contributed by atoms with Gasteiger partial charge in [0, 0.05) is 10.9 Å². The van der Waals surface area contributed by atoms with E-state index in [1.807, 2.05) is 37.3 Å². The van der Waals surface area contributed by atoms with Gasteiger partial charge in [-0.05, 0) is 24.1 Å². The van der Waals surface area contributed by atoms with Gasteiger partial charge < -0.3 is 9.26 Å². The Morgan fingerprint density at radius 2 is 1.83 bits per heavy atom. The zero-order chi connectivity index (χ0) is 16.9. The van der Waals surface area contributed by atoms with Crippen molar-refractivity contribution in [3.05, 3.63) is 65.4 Å². The fourth-order valence-corrected chi connectivity index (χ4v) is 2.41. The average molecular weight is 323 g/mol. The molecular weight excluding hydrogens is 306 g/mol. The number of aryl methyl sites for hydroxylation is 1. The normalized spacial score (nSPS) is 10.7. The lowest BCUT2D eigenvalue weighted by Gasteiger charge is -2.04. The highest BCUT2D eigenvalue weighted by Crippen LogP contribution is 2.18. The minimum Gasteiger partial charge on any atom is -0.457 e. The summed E-state index contributed by atoms with van der Waals surface area (Å²) in [6, 6.07) is 14.6. The molecule has 0 aliphatic rings. The van der Waals surface area contributed by atoms with Crippen LogP contribution < -0.4 is 0 Å². The van der Waals surface area contributed by atoms with Gasteiger partial charge in [-0.15, -0.1) is 0 Å². The van der Waals surface area contributed by atoms with Crippen LogP contribution in [0.2, 0.25) is 0 Å². The maximum Gasteiger partial charge on any atom is 0.312 e. The number of benzene rings is 2. The predicted octanol–water partition coefficient (Wildman–Crippen LogP) is 3.36. The summed E-state index contributed by atoms with van der Waals surface area (Å²) >= 11 is 0. The van der Waals surface area contributed by atoms with E-state index in [1.165, 1.54) is 0 Å². The summed E-state index contributed by atoms with van der Waals surface area (Å²) in [5.41, 5.74) is 2.82. The maximum atomic E-state index is 12.1. The lowest BCUT2D eigenvalue weighted by Crippen LogP contribution is -2.16. The van der Waals surface area contributed by atoms with Crippen molar-refractivity contribution in [2.24, 2.45) is 0 Å². The summed E-state index contributed by atoms with van der Waals surface area (Å²) in [7, 11) is 0. The molecule has 0 saturated heterocycles. The largest absolute Gasteiger partial charge is 0.457 e. The predicted molar refractivity (Wildman–Crippen MR) is 88.8 cm³/mol. The van der Waals surface area contributed by atoms with E-state index in [-0.39, 0.29) is 18.8 Å². The van der Waals surface area contributed by atoms with Gasteiger partial charge in [0.1, 0.15) is 5.69 Å². The number of hydrogen-bond acceptors (Lipinski definition) is 5. The quantitative estimate of drug-likeness (QED) is 0.514. The molecule has 0 unspecified atom stereocenters. The number of esters is 1. The SMILES string of the molecule is CCc1ccc(C(=O)COC(=O)Cc2noc3ccccc23)cc1. The van der Waals surface area contributed by atoms with Gasteiger partial charge in [0.15, 0.2) is 18.0 Å².